The molecule has 2 heterocycles. The number of pyridine rings is 1. The van der Waals surface area contributed by atoms with Gasteiger partial charge in [-0.1, -0.05) is 6.92 Å². The molecule has 0 aliphatic heterocycles. The van der Waals surface area contributed by atoms with Gasteiger partial charge in [0, 0.05) is 27.6 Å². The summed E-state index contributed by atoms with van der Waals surface area (Å²) in [5.41, 5.74) is 1.78. The Morgan fingerprint density at radius 3 is 2.70 bits per heavy atom. The van der Waals surface area contributed by atoms with E-state index in [-0.39, 0.29) is 17.5 Å². The maximum Gasteiger partial charge on any atom is 0.341 e. The number of carbonyl (C=O) groups is 1. The van der Waals surface area contributed by atoms with Crippen LogP contribution in [0.2, 0.25) is 0 Å². The van der Waals surface area contributed by atoms with Gasteiger partial charge in [-0.05, 0) is 55.4 Å². The zero-order chi connectivity index (χ0) is 21.2. The molecule has 156 valence electrons. The van der Waals surface area contributed by atoms with E-state index in [1.54, 1.807) is 24.5 Å². The van der Waals surface area contributed by atoms with E-state index >= 15 is 0 Å². The molecule has 1 saturated carbocycles. The molecule has 0 saturated heterocycles. The van der Waals surface area contributed by atoms with Gasteiger partial charge < -0.3 is 19.5 Å². The zero-order valence-electron chi connectivity index (χ0n) is 16.8. The third kappa shape index (κ3) is 2.87. The maximum absolute atomic E-state index is 12.8. The van der Waals surface area contributed by atoms with Crippen LogP contribution in [0.25, 0.3) is 21.3 Å². The highest BCUT2D eigenvalue weighted by Gasteiger charge is 2.31. The number of ether oxygens (including phenoxy) is 1. The van der Waals surface area contributed by atoms with Crippen molar-refractivity contribution in [3.8, 4) is 16.2 Å². The zero-order valence-corrected chi connectivity index (χ0v) is 17.7. The van der Waals surface area contributed by atoms with Crippen molar-refractivity contribution in [1.82, 2.24) is 4.57 Å². The number of methoxy groups -OCH3 is 1. The third-order valence-electron chi connectivity index (χ3n) is 6.31. The second kappa shape index (κ2) is 6.96. The van der Waals surface area contributed by atoms with Crippen molar-refractivity contribution in [3.63, 3.8) is 0 Å². The fraction of sp³-hybridized carbons (Fsp3) is 0.391. The van der Waals surface area contributed by atoms with Gasteiger partial charge in [-0.3, -0.25) is 4.79 Å². The lowest BCUT2D eigenvalue weighted by Gasteiger charge is -2.24. The molecule has 2 atom stereocenters. The van der Waals surface area contributed by atoms with E-state index in [2.05, 4.69) is 6.92 Å². The molecule has 2 N–H and O–H groups in total. The van der Waals surface area contributed by atoms with E-state index in [1.165, 1.54) is 11.1 Å². The number of aryl methyl sites for hydroxylation is 1. The lowest BCUT2D eigenvalue weighted by molar-refractivity contribution is 0.0694. The molecule has 1 fully saturated rings. The van der Waals surface area contributed by atoms with Crippen LogP contribution in [0.15, 0.2) is 29.2 Å². The van der Waals surface area contributed by atoms with Crippen LogP contribution in [-0.2, 0) is 6.42 Å². The number of hydrogen-bond acceptors (Lipinski definition) is 5. The summed E-state index contributed by atoms with van der Waals surface area (Å²) in [5, 5.41) is 20.4. The minimum absolute atomic E-state index is 0.176. The van der Waals surface area contributed by atoms with Crippen molar-refractivity contribution >= 4 is 28.2 Å². The Kier molecular flexibility index (Phi) is 4.48. The highest BCUT2D eigenvalue weighted by atomic mass is 32.1. The van der Waals surface area contributed by atoms with Crippen molar-refractivity contribution in [1.29, 1.82) is 0 Å². The Labute approximate surface area is 177 Å². The predicted molar refractivity (Wildman–Crippen MR) is 116 cm³/mol. The van der Waals surface area contributed by atoms with Crippen LogP contribution in [-0.4, -0.2) is 27.9 Å². The molecule has 2 unspecified atom stereocenters. The Morgan fingerprint density at radius 1 is 1.27 bits per heavy atom. The van der Waals surface area contributed by atoms with Gasteiger partial charge in [-0.15, -0.1) is 11.3 Å². The van der Waals surface area contributed by atoms with Crippen molar-refractivity contribution in [3.05, 3.63) is 50.6 Å². The Balaban J connectivity index is 1.77. The van der Waals surface area contributed by atoms with Crippen molar-refractivity contribution < 1.29 is 19.7 Å². The molecular formula is C23H23NO5S. The van der Waals surface area contributed by atoms with Crippen LogP contribution < -0.4 is 10.2 Å². The van der Waals surface area contributed by atoms with Crippen LogP contribution in [0.1, 0.15) is 59.1 Å². The Morgan fingerprint density at radius 2 is 2.03 bits per heavy atom. The molecule has 6 nitrogen and oxygen atoms in total. The molecule has 0 radical (unpaired) electrons. The van der Waals surface area contributed by atoms with Crippen LogP contribution in [0.3, 0.4) is 0 Å². The number of benzene rings is 1. The molecule has 7 heteroatoms. The van der Waals surface area contributed by atoms with E-state index in [0.717, 1.165) is 41.7 Å². The van der Waals surface area contributed by atoms with Crippen molar-refractivity contribution in [2.75, 3.05) is 7.11 Å². The van der Waals surface area contributed by atoms with Gasteiger partial charge in [-0.2, -0.15) is 0 Å². The van der Waals surface area contributed by atoms with E-state index in [4.69, 9.17) is 4.74 Å². The highest BCUT2D eigenvalue weighted by molar-refractivity contribution is 7.15. The fourth-order valence-electron chi connectivity index (χ4n) is 4.46. The SMILES string of the molecule is COc1c(-c2cc3c(s2)CCC(C)C3O)ccc2c(=O)c(C(=O)O)cn(C3CC3)c12. The summed E-state index contributed by atoms with van der Waals surface area (Å²) in [5.74, 6) is -0.407. The number of carboxylic acid groups (broad SMARTS) is 1. The van der Waals surface area contributed by atoms with E-state index < -0.39 is 17.5 Å². The number of nitrogens with zero attached hydrogens (tertiary/aromatic N) is 1. The smallest absolute Gasteiger partial charge is 0.341 e. The first-order valence-electron chi connectivity index (χ1n) is 10.2. The third-order valence-corrected chi connectivity index (χ3v) is 7.56. The molecule has 30 heavy (non-hydrogen) atoms. The minimum atomic E-state index is -1.21. The van der Waals surface area contributed by atoms with Gasteiger partial charge in [-0.25, -0.2) is 4.79 Å². The predicted octanol–water partition coefficient (Wildman–Crippen LogP) is 4.39. The molecule has 0 bridgehead atoms. The van der Waals surface area contributed by atoms with Gasteiger partial charge >= 0.3 is 5.97 Å². The summed E-state index contributed by atoms with van der Waals surface area (Å²) in [6, 6.07) is 5.75. The number of fused-ring (bicyclic) bond motifs is 2. The molecule has 2 aliphatic carbocycles. The maximum atomic E-state index is 12.8. The topological polar surface area (TPSA) is 88.8 Å². The average Bonchev–Trinajstić information content (AvgIpc) is 3.48. The monoisotopic (exact) mass is 425 g/mol. The van der Waals surface area contributed by atoms with Crippen LogP contribution in [0.4, 0.5) is 0 Å². The van der Waals surface area contributed by atoms with Gasteiger partial charge in [0.25, 0.3) is 0 Å². The first-order chi connectivity index (χ1) is 14.4. The van der Waals surface area contributed by atoms with E-state index in [1.807, 2.05) is 16.7 Å². The standard InChI is InChI=1S/C23H23NO5S/c1-11-3-8-17-15(20(11)25)9-18(30-17)13-6-7-14-19(22(13)29-2)24(12-4-5-12)10-16(21(14)26)23(27)28/h6-7,9-12,20,25H,3-5,8H2,1-2H3,(H,27,28). The van der Waals surface area contributed by atoms with E-state index in [9.17, 15) is 19.8 Å². The number of carboxylic acids is 1. The summed E-state index contributed by atoms with van der Waals surface area (Å²) in [6.07, 6.45) is 4.80. The molecule has 2 aliphatic rings. The van der Waals surface area contributed by atoms with Crippen molar-refractivity contribution in [2.24, 2.45) is 5.92 Å². The average molecular weight is 426 g/mol. The number of thiophene rings is 1. The fourth-order valence-corrected chi connectivity index (χ4v) is 5.70. The Hall–Kier alpha value is -2.64. The second-order valence-corrected chi connectivity index (χ2v) is 9.44. The number of rotatable bonds is 4. The molecule has 5 rings (SSSR count). The summed E-state index contributed by atoms with van der Waals surface area (Å²) in [4.78, 5) is 26.6. The number of hydrogen-bond donors (Lipinski definition) is 2. The van der Waals surface area contributed by atoms with Gasteiger partial charge in [0.1, 0.15) is 5.56 Å². The first kappa shape index (κ1) is 19.3. The second-order valence-electron chi connectivity index (χ2n) is 8.31. The van der Waals surface area contributed by atoms with Gasteiger partial charge in [0.05, 0.1) is 24.1 Å². The number of aromatic nitrogens is 1. The lowest BCUT2D eigenvalue weighted by atomic mass is 9.87. The molecule has 2 aromatic heterocycles. The highest BCUT2D eigenvalue weighted by Crippen LogP contribution is 2.47. The molecular weight excluding hydrogens is 402 g/mol. The molecule has 0 amide bonds. The van der Waals surface area contributed by atoms with Gasteiger partial charge in [0.15, 0.2) is 5.75 Å². The lowest BCUT2D eigenvalue weighted by Crippen LogP contribution is -2.19. The van der Waals surface area contributed by atoms with Crippen LogP contribution >= 0.6 is 11.3 Å². The van der Waals surface area contributed by atoms with E-state index in [0.29, 0.717) is 16.7 Å². The number of aliphatic hydroxyl groups is 1. The summed E-state index contributed by atoms with van der Waals surface area (Å²) < 4.78 is 7.70. The quantitative estimate of drug-likeness (QED) is 0.647. The van der Waals surface area contributed by atoms with Crippen molar-refractivity contribution in [2.45, 2.75) is 44.8 Å². The summed E-state index contributed by atoms with van der Waals surface area (Å²) in [6.45, 7) is 2.07. The van der Waals surface area contributed by atoms with Crippen LogP contribution in [0, 0.1) is 5.92 Å². The first-order valence-corrected chi connectivity index (χ1v) is 11.0. The molecule has 1 aromatic carbocycles. The minimum Gasteiger partial charge on any atom is -0.494 e. The number of aromatic carboxylic acids is 1. The largest absolute Gasteiger partial charge is 0.494 e. The molecule has 3 aromatic rings. The molecule has 0 spiro atoms. The van der Waals surface area contributed by atoms with Gasteiger partial charge in [0.2, 0.25) is 5.43 Å². The number of aliphatic hydroxyl groups excluding tert-OH is 1. The normalized spacial score (nSPS) is 20.9. The Bertz CT molecular complexity index is 1240. The summed E-state index contributed by atoms with van der Waals surface area (Å²) >= 11 is 1.65. The summed E-state index contributed by atoms with van der Waals surface area (Å²) in [7, 11) is 1.58. The van der Waals surface area contributed by atoms with Crippen LogP contribution in [0.5, 0.6) is 5.75 Å².